The molecule has 6 nitrogen and oxygen atoms in total. The number of carbonyl (C=O) groups is 2. The summed E-state index contributed by atoms with van der Waals surface area (Å²) in [4.78, 5) is 24.3. The molecule has 0 saturated carbocycles. The zero-order chi connectivity index (χ0) is 15.1. The van der Waals surface area contributed by atoms with E-state index in [4.69, 9.17) is 9.84 Å². The summed E-state index contributed by atoms with van der Waals surface area (Å²) in [5.74, 6) is -1.04. The minimum atomic E-state index is -1.04. The number of hydrogen-bond acceptors (Lipinski definition) is 3. The van der Waals surface area contributed by atoms with E-state index in [1.54, 1.807) is 13.1 Å². The first kappa shape index (κ1) is 16.5. The Balaban J connectivity index is 2.69. The Morgan fingerprint density at radius 1 is 1.45 bits per heavy atom. The number of aromatic carboxylic acids is 1. The van der Waals surface area contributed by atoms with Crippen LogP contribution in [0.15, 0.2) is 22.7 Å². The topological polar surface area (TPSA) is 78.9 Å². The Kier molecular flexibility index (Phi) is 6.47. The molecule has 0 atom stereocenters. The highest BCUT2D eigenvalue weighted by Gasteiger charge is 2.12. The predicted octanol–water partition coefficient (Wildman–Crippen LogP) is 2.65. The van der Waals surface area contributed by atoms with Gasteiger partial charge in [-0.05, 0) is 41.1 Å². The van der Waals surface area contributed by atoms with Crippen molar-refractivity contribution < 1.29 is 19.4 Å². The van der Waals surface area contributed by atoms with Gasteiger partial charge in [-0.3, -0.25) is 0 Å². The van der Waals surface area contributed by atoms with E-state index in [0.717, 1.165) is 0 Å². The van der Waals surface area contributed by atoms with Gasteiger partial charge in [0.25, 0.3) is 0 Å². The largest absolute Gasteiger partial charge is 0.478 e. The molecule has 0 aliphatic heterocycles. The van der Waals surface area contributed by atoms with E-state index in [0.29, 0.717) is 29.9 Å². The molecule has 1 aromatic rings. The van der Waals surface area contributed by atoms with Gasteiger partial charge in [0.15, 0.2) is 0 Å². The lowest BCUT2D eigenvalue weighted by Gasteiger charge is -2.18. The number of hydrogen-bond donors (Lipinski definition) is 2. The van der Waals surface area contributed by atoms with Crippen molar-refractivity contribution in [3.05, 3.63) is 28.2 Å². The van der Waals surface area contributed by atoms with Crippen LogP contribution in [0.4, 0.5) is 10.5 Å². The molecule has 0 spiro atoms. The van der Waals surface area contributed by atoms with Crippen LogP contribution < -0.4 is 5.32 Å². The molecule has 0 aliphatic carbocycles. The summed E-state index contributed by atoms with van der Waals surface area (Å²) < 4.78 is 5.79. The number of rotatable bonds is 6. The average Bonchev–Trinajstić information content (AvgIpc) is 2.41. The monoisotopic (exact) mass is 344 g/mol. The van der Waals surface area contributed by atoms with Gasteiger partial charge in [-0.15, -0.1) is 0 Å². The van der Waals surface area contributed by atoms with Gasteiger partial charge in [-0.1, -0.05) is 0 Å². The van der Waals surface area contributed by atoms with Crippen LogP contribution in [-0.2, 0) is 4.74 Å². The third kappa shape index (κ3) is 4.82. The fourth-order valence-electron chi connectivity index (χ4n) is 1.41. The van der Waals surface area contributed by atoms with Crippen molar-refractivity contribution in [3.8, 4) is 0 Å². The third-order valence-corrected chi connectivity index (χ3v) is 3.27. The lowest BCUT2D eigenvalue weighted by atomic mass is 10.2. The minimum Gasteiger partial charge on any atom is -0.478 e. The second-order valence-corrected chi connectivity index (χ2v) is 4.90. The standard InChI is InChI=1S/C13H17BrN2O4/c1-3-20-7-6-16(2)13(19)15-11-8-9(12(17)18)4-5-10(11)14/h4-5,8H,3,6-7H2,1-2H3,(H,15,19)(H,17,18). The zero-order valence-corrected chi connectivity index (χ0v) is 12.9. The molecule has 0 saturated heterocycles. The van der Waals surface area contributed by atoms with Crippen LogP contribution in [0.2, 0.25) is 0 Å². The van der Waals surface area contributed by atoms with E-state index in [2.05, 4.69) is 21.2 Å². The average molecular weight is 345 g/mol. The molecule has 0 aromatic heterocycles. The number of amides is 2. The Morgan fingerprint density at radius 2 is 2.15 bits per heavy atom. The van der Waals surface area contributed by atoms with Crippen molar-refractivity contribution in [2.45, 2.75) is 6.92 Å². The summed E-state index contributed by atoms with van der Waals surface area (Å²) in [6.45, 7) is 3.39. The molecule has 2 amide bonds. The highest BCUT2D eigenvalue weighted by molar-refractivity contribution is 9.10. The normalized spacial score (nSPS) is 10.2. The molecule has 1 rings (SSSR count). The minimum absolute atomic E-state index is 0.112. The number of carbonyl (C=O) groups excluding carboxylic acids is 1. The smallest absolute Gasteiger partial charge is 0.335 e. The fourth-order valence-corrected chi connectivity index (χ4v) is 1.76. The maximum absolute atomic E-state index is 11.9. The van der Waals surface area contributed by atoms with Gasteiger partial charge in [-0.25, -0.2) is 9.59 Å². The molecule has 0 bridgehead atoms. The molecule has 1 aromatic carbocycles. The van der Waals surface area contributed by atoms with Crippen molar-refractivity contribution in [2.75, 3.05) is 32.1 Å². The molecule has 0 aliphatic rings. The third-order valence-electron chi connectivity index (χ3n) is 2.58. The number of benzene rings is 1. The first-order valence-electron chi connectivity index (χ1n) is 6.08. The number of ether oxygens (including phenoxy) is 1. The Labute approximate surface area is 125 Å². The number of nitrogens with one attached hydrogen (secondary N) is 1. The van der Waals surface area contributed by atoms with Crippen LogP contribution in [0.25, 0.3) is 0 Å². The van der Waals surface area contributed by atoms with Gasteiger partial charge in [0, 0.05) is 24.7 Å². The highest BCUT2D eigenvalue weighted by atomic mass is 79.9. The van der Waals surface area contributed by atoms with Crippen LogP contribution >= 0.6 is 15.9 Å². The first-order chi connectivity index (χ1) is 9.45. The molecule has 110 valence electrons. The van der Waals surface area contributed by atoms with E-state index in [1.165, 1.54) is 17.0 Å². The number of carboxylic acids is 1. The van der Waals surface area contributed by atoms with Gasteiger partial charge in [0.05, 0.1) is 17.9 Å². The van der Waals surface area contributed by atoms with Gasteiger partial charge in [-0.2, -0.15) is 0 Å². The van der Waals surface area contributed by atoms with Crippen LogP contribution in [0.1, 0.15) is 17.3 Å². The van der Waals surface area contributed by atoms with Gasteiger partial charge >= 0.3 is 12.0 Å². The van der Waals surface area contributed by atoms with Gasteiger partial charge in [0.1, 0.15) is 0 Å². The summed E-state index contributed by atoms with van der Waals surface area (Å²) in [6, 6.07) is 4.12. The maximum atomic E-state index is 11.9. The molecule has 0 heterocycles. The number of nitrogens with zero attached hydrogens (tertiary/aromatic N) is 1. The second-order valence-electron chi connectivity index (χ2n) is 4.05. The van der Waals surface area contributed by atoms with Crippen molar-refractivity contribution in [3.63, 3.8) is 0 Å². The van der Waals surface area contributed by atoms with Crippen molar-refractivity contribution in [1.82, 2.24) is 4.90 Å². The van der Waals surface area contributed by atoms with E-state index < -0.39 is 5.97 Å². The summed E-state index contributed by atoms with van der Waals surface area (Å²) in [7, 11) is 1.64. The number of likely N-dealkylation sites (N-methyl/N-ethyl adjacent to an activating group) is 1. The summed E-state index contributed by atoms with van der Waals surface area (Å²) in [5, 5.41) is 11.6. The van der Waals surface area contributed by atoms with Crippen LogP contribution in [0, 0.1) is 0 Å². The van der Waals surface area contributed by atoms with E-state index >= 15 is 0 Å². The maximum Gasteiger partial charge on any atom is 0.335 e. The summed E-state index contributed by atoms with van der Waals surface area (Å²) in [5.41, 5.74) is 0.527. The first-order valence-corrected chi connectivity index (χ1v) is 6.87. The SMILES string of the molecule is CCOCCN(C)C(=O)Nc1cc(C(=O)O)ccc1Br. The van der Waals surface area contributed by atoms with Crippen molar-refractivity contribution in [2.24, 2.45) is 0 Å². The molecular weight excluding hydrogens is 328 g/mol. The van der Waals surface area contributed by atoms with E-state index in [-0.39, 0.29) is 11.6 Å². The second kappa shape index (κ2) is 7.86. The van der Waals surface area contributed by atoms with Crippen LogP contribution in [0.3, 0.4) is 0 Å². The lowest BCUT2D eigenvalue weighted by molar-refractivity contribution is 0.0697. The number of urea groups is 1. The highest BCUT2D eigenvalue weighted by Crippen LogP contribution is 2.24. The van der Waals surface area contributed by atoms with Crippen molar-refractivity contribution >= 4 is 33.6 Å². The van der Waals surface area contributed by atoms with E-state index in [1.807, 2.05) is 6.92 Å². The zero-order valence-electron chi connectivity index (χ0n) is 11.4. The quantitative estimate of drug-likeness (QED) is 0.777. The van der Waals surface area contributed by atoms with Crippen LogP contribution in [-0.4, -0.2) is 48.8 Å². The number of carboxylic acid groups (broad SMARTS) is 1. The Hall–Kier alpha value is -1.60. The summed E-state index contributed by atoms with van der Waals surface area (Å²) >= 11 is 3.27. The molecule has 20 heavy (non-hydrogen) atoms. The molecule has 7 heteroatoms. The van der Waals surface area contributed by atoms with Gasteiger partial charge in [0.2, 0.25) is 0 Å². The molecule has 0 radical (unpaired) electrons. The predicted molar refractivity (Wildman–Crippen MR) is 79.2 cm³/mol. The molecule has 0 unspecified atom stereocenters. The van der Waals surface area contributed by atoms with Crippen molar-refractivity contribution in [1.29, 1.82) is 0 Å². The van der Waals surface area contributed by atoms with Gasteiger partial charge < -0.3 is 20.1 Å². The Morgan fingerprint density at radius 3 is 2.75 bits per heavy atom. The fraction of sp³-hybridized carbons (Fsp3) is 0.385. The summed E-state index contributed by atoms with van der Waals surface area (Å²) in [6.07, 6.45) is 0. The van der Waals surface area contributed by atoms with E-state index in [9.17, 15) is 9.59 Å². The molecule has 0 fully saturated rings. The van der Waals surface area contributed by atoms with Crippen LogP contribution in [0.5, 0.6) is 0 Å². The Bertz CT molecular complexity index is 493. The molecule has 2 N–H and O–H groups in total. The number of halogens is 1. The number of anilines is 1. The molecular formula is C13H17BrN2O4. The lowest BCUT2D eigenvalue weighted by Crippen LogP contribution is -2.34.